The Kier molecular flexibility index (Phi) is 6.57. The summed E-state index contributed by atoms with van der Waals surface area (Å²) in [5.74, 6) is -0.311. The summed E-state index contributed by atoms with van der Waals surface area (Å²) >= 11 is 0. The van der Waals surface area contributed by atoms with E-state index in [9.17, 15) is 14.7 Å². The highest BCUT2D eigenvalue weighted by Gasteiger charge is 2.17. The molecule has 0 aliphatic heterocycles. The lowest BCUT2D eigenvalue weighted by molar-refractivity contribution is -0.118. The number of hydrogen-bond donors (Lipinski definition) is 1. The first-order valence-electron chi connectivity index (χ1n) is 8.31. The van der Waals surface area contributed by atoms with Gasteiger partial charge in [0.05, 0.1) is 19.2 Å². The fourth-order valence-corrected chi connectivity index (χ4v) is 2.55. The average Bonchev–Trinajstić information content (AvgIpc) is 2.64. The van der Waals surface area contributed by atoms with E-state index in [-0.39, 0.29) is 11.5 Å². The summed E-state index contributed by atoms with van der Waals surface area (Å²) in [7, 11) is 1.60. The number of anilines is 1. The molecular formula is C20H23NO4. The Bertz CT molecular complexity index is 742. The number of hydrogen-bond acceptors (Lipinski definition) is 3. The molecule has 0 saturated carbocycles. The van der Waals surface area contributed by atoms with E-state index in [1.165, 1.54) is 12.1 Å². The van der Waals surface area contributed by atoms with E-state index >= 15 is 0 Å². The molecule has 0 radical (unpaired) electrons. The van der Waals surface area contributed by atoms with Crippen molar-refractivity contribution in [2.24, 2.45) is 0 Å². The largest absolute Gasteiger partial charge is 0.497 e. The average molecular weight is 341 g/mol. The molecule has 0 spiro atoms. The van der Waals surface area contributed by atoms with Crippen LogP contribution in [0, 0.1) is 0 Å². The minimum Gasteiger partial charge on any atom is -0.497 e. The van der Waals surface area contributed by atoms with Gasteiger partial charge in [0, 0.05) is 12.1 Å². The number of unbranched alkanes of at least 4 members (excludes halogenated alkanes) is 1. The van der Waals surface area contributed by atoms with Crippen molar-refractivity contribution in [3.63, 3.8) is 0 Å². The summed E-state index contributed by atoms with van der Waals surface area (Å²) in [5.41, 5.74) is 1.67. The van der Waals surface area contributed by atoms with Crippen LogP contribution in [0.25, 0.3) is 0 Å². The van der Waals surface area contributed by atoms with E-state index in [0.717, 1.165) is 24.2 Å². The van der Waals surface area contributed by atoms with Crippen LogP contribution in [0.3, 0.4) is 0 Å². The van der Waals surface area contributed by atoms with Crippen molar-refractivity contribution >= 4 is 17.6 Å². The van der Waals surface area contributed by atoms with Crippen LogP contribution < -0.4 is 9.64 Å². The van der Waals surface area contributed by atoms with Crippen molar-refractivity contribution < 1.29 is 19.4 Å². The van der Waals surface area contributed by atoms with Gasteiger partial charge in [-0.15, -0.1) is 0 Å². The van der Waals surface area contributed by atoms with Gasteiger partial charge in [-0.25, -0.2) is 4.79 Å². The number of amides is 1. The van der Waals surface area contributed by atoms with E-state index < -0.39 is 5.97 Å². The van der Waals surface area contributed by atoms with Crippen LogP contribution in [0.1, 0.15) is 42.1 Å². The van der Waals surface area contributed by atoms with Crippen molar-refractivity contribution in [1.29, 1.82) is 0 Å². The fourth-order valence-electron chi connectivity index (χ4n) is 2.55. The second-order valence-electron chi connectivity index (χ2n) is 5.79. The van der Waals surface area contributed by atoms with E-state index in [4.69, 9.17) is 4.74 Å². The molecule has 0 aliphatic rings. The molecule has 0 saturated heterocycles. The van der Waals surface area contributed by atoms with Crippen LogP contribution in [0.5, 0.6) is 5.75 Å². The maximum Gasteiger partial charge on any atom is 0.335 e. The molecular weight excluding hydrogens is 318 g/mol. The van der Waals surface area contributed by atoms with Crippen LogP contribution in [0.4, 0.5) is 5.69 Å². The molecule has 5 heteroatoms. The van der Waals surface area contributed by atoms with Gasteiger partial charge in [-0.3, -0.25) is 4.79 Å². The van der Waals surface area contributed by atoms with Crippen LogP contribution in [0.15, 0.2) is 48.5 Å². The van der Waals surface area contributed by atoms with Crippen molar-refractivity contribution in [3.8, 4) is 5.75 Å². The first-order valence-corrected chi connectivity index (χ1v) is 8.31. The Hall–Kier alpha value is -2.82. The number of methoxy groups -OCH3 is 1. The van der Waals surface area contributed by atoms with Crippen molar-refractivity contribution in [2.75, 3.05) is 12.0 Å². The summed E-state index contributed by atoms with van der Waals surface area (Å²) in [6.45, 7) is 2.40. The van der Waals surface area contributed by atoms with Crippen LogP contribution in [-0.2, 0) is 11.3 Å². The number of carbonyl (C=O) groups is 2. The molecule has 0 atom stereocenters. The van der Waals surface area contributed by atoms with Crippen LogP contribution in [0.2, 0.25) is 0 Å². The highest BCUT2D eigenvalue weighted by Crippen LogP contribution is 2.22. The molecule has 0 aliphatic carbocycles. The predicted molar refractivity (Wildman–Crippen MR) is 97.1 cm³/mol. The summed E-state index contributed by atoms with van der Waals surface area (Å²) in [6.07, 6.45) is 2.15. The number of carboxylic acid groups (broad SMARTS) is 1. The van der Waals surface area contributed by atoms with Crippen molar-refractivity contribution in [3.05, 3.63) is 59.7 Å². The monoisotopic (exact) mass is 341 g/mol. The molecule has 1 N–H and O–H groups in total. The third-order valence-electron chi connectivity index (χ3n) is 3.92. The van der Waals surface area contributed by atoms with E-state index in [0.29, 0.717) is 18.7 Å². The Morgan fingerprint density at radius 1 is 1.12 bits per heavy atom. The van der Waals surface area contributed by atoms with Crippen LogP contribution in [-0.4, -0.2) is 24.1 Å². The van der Waals surface area contributed by atoms with Gasteiger partial charge in [0.15, 0.2) is 0 Å². The standard InChI is InChI=1S/C20H23NO4/c1-3-4-11-19(22)21(14-15-7-5-10-18(12-15)25-2)17-9-6-8-16(13-17)20(23)24/h5-10,12-13H,3-4,11,14H2,1-2H3,(H,23,24). The maximum absolute atomic E-state index is 12.7. The molecule has 0 aromatic heterocycles. The predicted octanol–water partition coefficient (Wildman–Crippen LogP) is 4.12. The number of rotatable bonds is 8. The van der Waals surface area contributed by atoms with E-state index in [1.54, 1.807) is 24.1 Å². The zero-order valence-electron chi connectivity index (χ0n) is 14.6. The Labute approximate surface area is 147 Å². The molecule has 2 rings (SSSR count). The molecule has 5 nitrogen and oxygen atoms in total. The first kappa shape index (κ1) is 18.5. The van der Waals surface area contributed by atoms with Gasteiger partial charge >= 0.3 is 5.97 Å². The van der Waals surface area contributed by atoms with Gasteiger partial charge in [-0.05, 0) is 42.3 Å². The highest BCUT2D eigenvalue weighted by molar-refractivity contribution is 5.95. The Morgan fingerprint density at radius 3 is 2.56 bits per heavy atom. The maximum atomic E-state index is 12.7. The molecule has 0 unspecified atom stereocenters. The van der Waals surface area contributed by atoms with Gasteiger partial charge in [0.25, 0.3) is 0 Å². The lowest BCUT2D eigenvalue weighted by Gasteiger charge is -2.23. The van der Waals surface area contributed by atoms with E-state index in [1.807, 2.05) is 31.2 Å². The minimum atomic E-state index is -1.01. The smallest absolute Gasteiger partial charge is 0.335 e. The van der Waals surface area contributed by atoms with E-state index in [2.05, 4.69) is 0 Å². The second-order valence-corrected chi connectivity index (χ2v) is 5.79. The van der Waals surface area contributed by atoms with Crippen molar-refractivity contribution in [1.82, 2.24) is 0 Å². The topological polar surface area (TPSA) is 66.8 Å². The molecule has 2 aromatic rings. The zero-order chi connectivity index (χ0) is 18.2. The summed E-state index contributed by atoms with van der Waals surface area (Å²) in [5, 5.41) is 9.21. The van der Waals surface area contributed by atoms with Gasteiger partial charge in [0.1, 0.15) is 5.75 Å². The number of ether oxygens (including phenoxy) is 1. The molecule has 2 aromatic carbocycles. The molecule has 0 heterocycles. The zero-order valence-corrected chi connectivity index (χ0v) is 14.6. The van der Waals surface area contributed by atoms with Gasteiger partial charge in [0.2, 0.25) is 5.91 Å². The van der Waals surface area contributed by atoms with Gasteiger partial charge < -0.3 is 14.7 Å². The number of aromatic carboxylic acids is 1. The number of carboxylic acids is 1. The number of benzene rings is 2. The molecule has 25 heavy (non-hydrogen) atoms. The number of carbonyl (C=O) groups excluding carboxylic acids is 1. The van der Waals surface area contributed by atoms with Gasteiger partial charge in [-0.1, -0.05) is 31.5 Å². The Morgan fingerprint density at radius 2 is 1.88 bits per heavy atom. The van der Waals surface area contributed by atoms with Gasteiger partial charge in [-0.2, -0.15) is 0 Å². The number of nitrogens with zero attached hydrogens (tertiary/aromatic N) is 1. The van der Waals surface area contributed by atoms with Crippen LogP contribution >= 0.6 is 0 Å². The third kappa shape index (κ3) is 5.08. The molecule has 1 amide bonds. The summed E-state index contributed by atoms with van der Waals surface area (Å²) in [4.78, 5) is 25.6. The summed E-state index contributed by atoms with van der Waals surface area (Å²) in [6, 6.07) is 14.0. The molecule has 0 fully saturated rings. The second kappa shape index (κ2) is 8.87. The van der Waals surface area contributed by atoms with Crippen molar-refractivity contribution in [2.45, 2.75) is 32.7 Å². The minimum absolute atomic E-state index is 0.0211. The molecule has 0 bridgehead atoms. The quantitative estimate of drug-likeness (QED) is 0.784. The molecule has 132 valence electrons. The summed E-state index contributed by atoms with van der Waals surface area (Å²) < 4.78 is 5.24. The SMILES string of the molecule is CCCCC(=O)N(Cc1cccc(OC)c1)c1cccc(C(=O)O)c1. The fraction of sp³-hybridized carbons (Fsp3) is 0.300. The highest BCUT2D eigenvalue weighted by atomic mass is 16.5. The Balaban J connectivity index is 2.33. The lowest BCUT2D eigenvalue weighted by atomic mass is 10.1. The normalized spacial score (nSPS) is 10.3. The first-order chi connectivity index (χ1) is 12.0. The lowest BCUT2D eigenvalue weighted by Crippen LogP contribution is -2.30. The third-order valence-corrected chi connectivity index (χ3v) is 3.92.